The Morgan fingerprint density at radius 3 is 2.74 bits per heavy atom. The topological polar surface area (TPSA) is 94.3 Å². The van der Waals surface area contributed by atoms with Crippen molar-refractivity contribution in [2.75, 3.05) is 31.8 Å². The van der Waals surface area contributed by atoms with Gasteiger partial charge in [0.1, 0.15) is 5.69 Å². The van der Waals surface area contributed by atoms with Crippen LogP contribution in [0.4, 0.5) is 16.2 Å². The van der Waals surface area contributed by atoms with Gasteiger partial charge >= 0.3 is 11.8 Å². The third kappa shape index (κ3) is 3.91. The van der Waals surface area contributed by atoms with Crippen molar-refractivity contribution < 1.29 is 29.4 Å². The van der Waals surface area contributed by atoms with Crippen LogP contribution in [0.1, 0.15) is 20.3 Å². The molecule has 23 heavy (non-hydrogen) atoms. The normalized spacial score (nSPS) is 15.9. The van der Waals surface area contributed by atoms with E-state index in [0.717, 1.165) is 4.74 Å². The molecule has 1 amide bonds. The molecular weight excluding hydrogens is 302 g/mol. The van der Waals surface area contributed by atoms with Gasteiger partial charge in [-0.1, -0.05) is 13.0 Å². The first kappa shape index (κ1) is 17.0. The van der Waals surface area contributed by atoms with E-state index < -0.39 is 6.09 Å². The third-order valence-corrected chi connectivity index (χ3v) is 3.67. The second kappa shape index (κ2) is 7.80. The number of carbonyl (C=O) groups excluding carboxylic acids is 1. The number of carbonyl (C=O) groups is 1. The van der Waals surface area contributed by atoms with Gasteiger partial charge in [-0.15, -0.1) is 0 Å². The van der Waals surface area contributed by atoms with Crippen LogP contribution in [0, 0.1) is 0 Å². The van der Waals surface area contributed by atoms with Crippen LogP contribution in [0.15, 0.2) is 18.2 Å². The Kier molecular flexibility index (Phi) is 5.78. The van der Waals surface area contributed by atoms with E-state index in [9.17, 15) is 15.2 Å². The molecule has 8 heteroatoms. The van der Waals surface area contributed by atoms with E-state index in [-0.39, 0.29) is 17.1 Å². The van der Waals surface area contributed by atoms with Gasteiger partial charge in [0.05, 0.1) is 13.2 Å². The molecular formula is C15H22N3O5+. The predicted molar refractivity (Wildman–Crippen MR) is 82.9 cm³/mol. The zero-order valence-corrected chi connectivity index (χ0v) is 13.3. The molecule has 0 bridgehead atoms. The fraction of sp³-hybridized carbons (Fsp3) is 0.467. The highest BCUT2D eigenvalue weighted by Crippen LogP contribution is 2.35. The molecule has 1 saturated heterocycles. The molecule has 1 aliphatic rings. The number of hydrogen-bond donors (Lipinski definition) is 3. The molecule has 126 valence electrons. The molecule has 1 aliphatic heterocycles. The van der Waals surface area contributed by atoms with E-state index in [0.29, 0.717) is 38.4 Å². The molecule has 2 rings (SSSR count). The molecule has 1 aromatic carbocycles. The lowest BCUT2D eigenvalue weighted by Crippen LogP contribution is -2.42. The second-order valence-electron chi connectivity index (χ2n) is 5.13. The van der Waals surface area contributed by atoms with E-state index >= 15 is 0 Å². The highest BCUT2D eigenvalue weighted by molar-refractivity contribution is 5.81. The average molecular weight is 324 g/mol. The fourth-order valence-electron chi connectivity index (χ4n) is 2.16. The van der Waals surface area contributed by atoms with Crippen LogP contribution in [0.5, 0.6) is 5.75 Å². The van der Waals surface area contributed by atoms with Crippen molar-refractivity contribution in [3.05, 3.63) is 18.2 Å². The van der Waals surface area contributed by atoms with Gasteiger partial charge in [-0.3, -0.25) is 15.9 Å². The van der Waals surface area contributed by atoms with Crippen LogP contribution < -0.4 is 10.2 Å². The summed E-state index contributed by atoms with van der Waals surface area (Å²) in [6.07, 6.45) is 0.0693. The Morgan fingerprint density at radius 1 is 1.43 bits per heavy atom. The van der Waals surface area contributed by atoms with Gasteiger partial charge in [-0.2, -0.15) is 0 Å². The van der Waals surface area contributed by atoms with E-state index in [1.807, 2.05) is 12.4 Å². The molecule has 0 unspecified atom stereocenters. The highest BCUT2D eigenvalue weighted by atomic mass is 16.6. The van der Waals surface area contributed by atoms with E-state index in [1.165, 1.54) is 4.90 Å². The minimum atomic E-state index is -0.521. The van der Waals surface area contributed by atoms with Crippen LogP contribution in [-0.2, 0) is 4.74 Å². The summed E-state index contributed by atoms with van der Waals surface area (Å²) in [7, 11) is 0. The lowest BCUT2D eigenvalue weighted by Gasteiger charge is -2.25. The maximum Gasteiger partial charge on any atom is 0.415 e. The molecule has 1 aromatic rings. The van der Waals surface area contributed by atoms with Crippen LogP contribution in [0.3, 0.4) is 0 Å². The summed E-state index contributed by atoms with van der Waals surface area (Å²) < 4.78 is 11.5. The fourth-order valence-corrected chi connectivity index (χ4v) is 2.16. The van der Waals surface area contributed by atoms with E-state index in [4.69, 9.17) is 9.47 Å². The number of rotatable bonds is 4. The zero-order valence-electron chi connectivity index (χ0n) is 13.3. The molecule has 0 saturated carbocycles. The number of benzene rings is 1. The van der Waals surface area contributed by atoms with Crippen LogP contribution in [0.2, 0.25) is 0 Å². The van der Waals surface area contributed by atoms with Crippen LogP contribution >= 0.6 is 0 Å². The van der Waals surface area contributed by atoms with Crippen LogP contribution in [0.25, 0.3) is 0 Å². The quantitative estimate of drug-likeness (QED) is 0.340. The summed E-state index contributed by atoms with van der Waals surface area (Å²) in [4.78, 5) is 13.8. The van der Waals surface area contributed by atoms with Crippen molar-refractivity contribution >= 4 is 23.2 Å². The number of ether oxygens (including phenoxy) is 2. The molecule has 0 radical (unpaired) electrons. The Labute approximate surface area is 134 Å². The number of nitrogens with one attached hydrogen (secondary N) is 1. The first-order valence-electron chi connectivity index (χ1n) is 7.47. The molecule has 8 nitrogen and oxygen atoms in total. The second-order valence-corrected chi connectivity index (χ2v) is 5.13. The number of amides is 1. The first-order chi connectivity index (χ1) is 11.1. The molecule has 0 spiro atoms. The van der Waals surface area contributed by atoms with Gasteiger partial charge in [0.25, 0.3) is 0 Å². The van der Waals surface area contributed by atoms with Crippen molar-refractivity contribution in [3.63, 3.8) is 0 Å². The zero-order chi connectivity index (χ0) is 16.8. The van der Waals surface area contributed by atoms with Gasteiger partial charge in [-0.05, 0) is 12.1 Å². The summed E-state index contributed by atoms with van der Waals surface area (Å²) in [5.74, 6) is 0.149. The van der Waals surface area contributed by atoms with Crippen LogP contribution in [-0.4, -0.2) is 58.2 Å². The van der Waals surface area contributed by atoms with Gasteiger partial charge < -0.3 is 14.4 Å². The molecule has 0 aromatic heterocycles. The standard InChI is InChI=1S/C15H22N3O5/c1-3-11(2)18(21)14-12(16-20)5-4-6-13(14)23-15(19)17-7-9-22-10-8-17/h4-6,16,20-21H,3,7-10H2,1-2H3/q+1/b18-11+. The van der Waals surface area contributed by atoms with Crippen molar-refractivity contribution in [1.29, 1.82) is 0 Å². The maximum absolute atomic E-state index is 12.2. The SMILES string of the molecule is CC/C(C)=[N+](/O)c1c(NO)cccc1OC(=O)N1CCOCC1. The summed E-state index contributed by atoms with van der Waals surface area (Å²) >= 11 is 0. The Morgan fingerprint density at radius 2 is 2.13 bits per heavy atom. The maximum atomic E-state index is 12.2. The molecule has 0 aliphatic carbocycles. The lowest BCUT2D eigenvalue weighted by atomic mass is 10.2. The minimum absolute atomic E-state index is 0.149. The van der Waals surface area contributed by atoms with Gasteiger partial charge in [0.2, 0.25) is 11.5 Å². The number of nitrogens with zero attached hydrogens (tertiary/aromatic N) is 2. The minimum Gasteiger partial charge on any atom is -0.403 e. The van der Waals surface area contributed by atoms with Crippen molar-refractivity contribution in [1.82, 2.24) is 4.90 Å². The van der Waals surface area contributed by atoms with Gasteiger partial charge in [0, 0.05) is 31.2 Å². The number of morpholine rings is 1. The molecule has 1 fully saturated rings. The molecule has 1 heterocycles. The monoisotopic (exact) mass is 324 g/mol. The van der Waals surface area contributed by atoms with E-state index in [2.05, 4.69) is 0 Å². The Bertz CT molecular complexity index is 597. The summed E-state index contributed by atoms with van der Waals surface area (Å²) in [6, 6.07) is 4.73. The van der Waals surface area contributed by atoms with Gasteiger partial charge in [-0.25, -0.2) is 4.79 Å². The largest absolute Gasteiger partial charge is 0.415 e. The molecule has 0 atom stereocenters. The average Bonchev–Trinajstić information content (AvgIpc) is 2.60. The predicted octanol–water partition coefficient (Wildman–Crippen LogP) is 2.22. The highest BCUT2D eigenvalue weighted by Gasteiger charge is 2.27. The Balaban J connectivity index is 2.32. The van der Waals surface area contributed by atoms with Crippen molar-refractivity contribution in [2.24, 2.45) is 0 Å². The van der Waals surface area contributed by atoms with Crippen molar-refractivity contribution in [2.45, 2.75) is 20.3 Å². The number of para-hydroxylation sites is 1. The lowest BCUT2D eigenvalue weighted by molar-refractivity contribution is -0.713. The summed E-state index contributed by atoms with van der Waals surface area (Å²) in [5.41, 5.74) is 3.05. The number of hydrogen-bond acceptors (Lipinski definition) is 6. The summed E-state index contributed by atoms with van der Waals surface area (Å²) in [5, 5.41) is 19.6. The molecule has 3 N–H and O–H groups in total. The van der Waals surface area contributed by atoms with Gasteiger partial charge in [0.15, 0.2) is 0 Å². The smallest absolute Gasteiger partial charge is 0.403 e. The van der Waals surface area contributed by atoms with Crippen molar-refractivity contribution in [3.8, 4) is 5.75 Å². The summed E-state index contributed by atoms with van der Waals surface area (Å²) in [6.45, 7) is 5.46. The number of anilines is 1. The third-order valence-electron chi connectivity index (χ3n) is 3.67. The Hall–Kier alpha value is -2.32. The van der Waals surface area contributed by atoms with E-state index in [1.54, 1.807) is 25.1 Å². The first-order valence-corrected chi connectivity index (χ1v) is 7.47.